The van der Waals surface area contributed by atoms with E-state index < -0.39 is 0 Å². The van der Waals surface area contributed by atoms with Gasteiger partial charge in [-0.2, -0.15) is 0 Å². The van der Waals surface area contributed by atoms with Crippen molar-refractivity contribution >= 4 is 16.5 Å². The molecule has 4 nitrogen and oxygen atoms in total. The van der Waals surface area contributed by atoms with E-state index in [0.29, 0.717) is 13.2 Å². The number of hydrogen-bond donors (Lipinski definition) is 1. The summed E-state index contributed by atoms with van der Waals surface area (Å²) < 4.78 is 5.19. The summed E-state index contributed by atoms with van der Waals surface area (Å²) in [5, 5.41) is 1.15. The summed E-state index contributed by atoms with van der Waals surface area (Å²) in [7, 11) is 1.71. The predicted octanol–water partition coefficient (Wildman–Crippen LogP) is 1.98. The molecule has 3 rings (SSSR count). The van der Waals surface area contributed by atoms with Crippen molar-refractivity contribution in [2.75, 3.05) is 25.1 Å². The average Bonchev–Trinajstić information content (AvgIpc) is 3.00. The molecule has 0 aromatic carbocycles. The van der Waals surface area contributed by atoms with Crippen LogP contribution in [-0.2, 0) is 17.9 Å². The van der Waals surface area contributed by atoms with Gasteiger partial charge in [-0.25, -0.2) is 4.98 Å². The summed E-state index contributed by atoms with van der Waals surface area (Å²) in [5.74, 6) is 1.81. The van der Waals surface area contributed by atoms with Crippen molar-refractivity contribution in [2.45, 2.75) is 32.4 Å². The second-order valence-electron chi connectivity index (χ2n) is 5.36. The fraction of sp³-hybridized carbons (Fsp3) is 0.769. The SMILES string of the molecule is COCc1nc(N2CC3CCCC3C2)sc1CN. The molecule has 1 saturated carbocycles. The van der Waals surface area contributed by atoms with Gasteiger partial charge in [-0.15, -0.1) is 11.3 Å². The Labute approximate surface area is 112 Å². The monoisotopic (exact) mass is 267 g/mol. The smallest absolute Gasteiger partial charge is 0.185 e. The minimum atomic E-state index is 0.567. The highest BCUT2D eigenvalue weighted by Gasteiger charge is 2.37. The molecule has 0 amide bonds. The molecule has 1 aliphatic carbocycles. The normalized spacial score (nSPS) is 26.9. The zero-order valence-electron chi connectivity index (χ0n) is 10.9. The lowest BCUT2D eigenvalue weighted by atomic mass is 10.0. The molecule has 2 aliphatic rings. The molecule has 2 N–H and O–H groups in total. The number of hydrogen-bond acceptors (Lipinski definition) is 5. The molecule has 2 heterocycles. The summed E-state index contributed by atoms with van der Waals surface area (Å²) in [6, 6.07) is 0. The van der Waals surface area contributed by atoms with Gasteiger partial charge in [0.1, 0.15) is 0 Å². The highest BCUT2D eigenvalue weighted by molar-refractivity contribution is 7.15. The van der Waals surface area contributed by atoms with Crippen LogP contribution in [0.5, 0.6) is 0 Å². The van der Waals surface area contributed by atoms with E-state index in [1.54, 1.807) is 18.4 Å². The zero-order valence-corrected chi connectivity index (χ0v) is 11.7. The van der Waals surface area contributed by atoms with Crippen LogP contribution in [0.25, 0.3) is 0 Å². The topological polar surface area (TPSA) is 51.4 Å². The quantitative estimate of drug-likeness (QED) is 0.906. The van der Waals surface area contributed by atoms with Gasteiger partial charge in [0.05, 0.1) is 12.3 Å². The maximum absolute atomic E-state index is 5.78. The molecular formula is C13H21N3OS. The number of nitrogens with zero attached hydrogens (tertiary/aromatic N) is 2. The molecule has 0 bridgehead atoms. The van der Waals surface area contributed by atoms with E-state index in [2.05, 4.69) is 4.90 Å². The minimum Gasteiger partial charge on any atom is -0.378 e. The maximum atomic E-state index is 5.78. The lowest BCUT2D eigenvalue weighted by Gasteiger charge is -2.15. The highest BCUT2D eigenvalue weighted by atomic mass is 32.1. The van der Waals surface area contributed by atoms with Crippen LogP contribution in [0.15, 0.2) is 0 Å². The van der Waals surface area contributed by atoms with Crippen molar-refractivity contribution in [1.29, 1.82) is 0 Å². The number of aromatic nitrogens is 1. The molecule has 2 fully saturated rings. The molecule has 5 heteroatoms. The standard InChI is InChI=1S/C13H21N3OS/c1-17-8-11-12(5-14)18-13(15-11)16-6-9-3-2-4-10(9)7-16/h9-10H,2-8,14H2,1H3. The molecule has 1 aliphatic heterocycles. The molecule has 18 heavy (non-hydrogen) atoms. The van der Waals surface area contributed by atoms with Crippen LogP contribution >= 0.6 is 11.3 Å². The summed E-state index contributed by atoms with van der Waals surface area (Å²) in [6.07, 6.45) is 4.23. The fourth-order valence-electron chi connectivity index (χ4n) is 3.31. The third-order valence-electron chi connectivity index (χ3n) is 4.23. The Morgan fingerprint density at radius 1 is 1.39 bits per heavy atom. The van der Waals surface area contributed by atoms with Crippen LogP contribution in [0.3, 0.4) is 0 Å². The van der Waals surface area contributed by atoms with Gasteiger partial charge < -0.3 is 15.4 Å². The van der Waals surface area contributed by atoms with E-state index in [9.17, 15) is 0 Å². The van der Waals surface area contributed by atoms with Gasteiger partial charge in [-0.3, -0.25) is 0 Å². The van der Waals surface area contributed by atoms with Crippen LogP contribution in [0, 0.1) is 11.8 Å². The van der Waals surface area contributed by atoms with E-state index >= 15 is 0 Å². The molecule has 2 atom stereocenters. The van der Waals surface area contributed by atoms with E-state index in [0.717, 1.165) is 22.7 Å². The van der Waals surface area contributed by atoms with E-state index in [1.165, 1.54) is 37.2 Å². The number of rotatable bonds is 4. The largest absolute Gasteiger partial charge is 0.378 e. The highest BCUT2D eigenvalue weighted by Crippen LogP contribution is 2.40. The molecule has 100 valence electrons. The van der Waals surface area contributed by atoms with Crippen molar-refractivity contribution in [3.63, 3.8) is 0 Å². The Morgan fingerprint density at radius 2 is 2.11 bits per heavy atom. The van der Waals surface area contributed by atoms with Gasteiger partial charge in [0.25, 0.3) is 0 Å². The summed E-state index contributed by atoms with van der Waals surface area (Å²) in [4.78, 5) is 8.35. The Hall–Kier alpha value is -0.650. The molecule has 0 spiro atoms. The number of nitrogens with two attached hydrogens (primary N) is 1. The molecule has 1 aromatic heterocycles. The zero-order chi connectivity index (χ0) is 12.5. The third kappa shape index (κ3) is 2.15. The average molecular weight is 267 g/mol. The van der Waals surface area contributed by atoms with Gasteiger partial charge >= 0.3 is 0 Å². The second-order valence-corrected chi connectivity index (χ2v) is 6.42. The van der Waals surface area contributed by atoms with Crippen molar-refractivity contribution in [3.05, 3.63) is 10.6 Å². The Balaban J connectivity index is 1.76. The van der Waals surface area contributed by atoms with Crippen LogP contribution in [-0.4, -0.2) is 25.2 Å². The van der Waals surface area contributed by atoms with Crippen LogP contribution in [0.2, 0.25) is 0 Å². The number of thiazole rings is 1. The van der Waals surface area contributed by atoms with Crippen molar-refractivity contribution < 1.29 is 4.74 Å². The molecule has 1 saturated heterocycles. The number of fused-ring (bicyclic) bond motifs is 1. The van der Waals surface area contributed by atoms with Gasteiger partial charge in [0.15, 0.2) is 5.13 Å². The lowest BCUT2D eigenvalue weighted by molar-refractivity contribution is 0.181. The summed E-state index contributed by atoms with van der Waals surface area (Å²) in [5.41, 5.74) is 6.81. The first kappa shape index (κ1) is 12.4. The van der Waals surface area contributed by atoms with Crippen LogP contribution in [0.1, 0.15) is 29.8 Å². The number of anilines is 1. The fourth-order valence-corrected chi connectivity index (χ4v) is 4.27. The van der Waals surface area contributed by atoms with Crippen molar-refractivity contribution in [1.82, 2.24) is 4.98 Å². The number of methoxy groups -OCH3 is 1. The summed E-state index contributed by atoms with van der Waals surface area (Å²) >= 11 is 1.75. The second kappa shape index (κ2) is 5.15. The van der Waals surface area contributed by atoms with Gasteiger partial charge in [0.2, 0.25) is 0 Å². The predicted molar refractivity (Wildman–Crippen MR) is 73.8 cm³/mol. The van der Waals surface area contributed by atoms with E-state index in [-0.39, 0.29) is 0 Å². The Kier molecular flexibility index (Phi) is 3.54. The third-order valence-corrected chi connectivity index (χ3v) is 5.41. The van der Waals surface area contributed by atoms with Crippen molar-refractivity contribution in [3.8, 4) is 0 Å². The maximum Gasteiger partial charge on any atom is 0.185 e. The molecule has 0 radical (unpaired) electrons. The van der Waals surface area contributed by atoms with Crippen LogP contribution < -0.4 is 10.6 Å². The van der Waals surface area contributed by atoms with Gasteiger partial charge in [0, 0.05) is 31.6 Å². The molecule has 1 aromatic rings. The molecule has 2 unspecified atom stereocenters. The van der Waals surface area contributed by atoms with Crippen LogP contribution in [0.4, 0.5) is 5.13 Å². The van der Waals surface area contributed by atoms with Gasteiger partial charge in [-0.1, -0.05) is 6.42 Å². The Morgan fingerprint density at radius 3 is 2.72 bits per heavy atom. The number of ether oxygens (including phenoxy) is 1. The molecular weight excluding hydrogens is 246 g/mol. The Bertz CT molecular complexity index is 408. The van der Waals surface area contributed by atoms with E-state index in [4.69, 9.17) is 15.5 Å². The minimum absolute atomic E-state index is 0.567. The first-order valence-electron chi connectivity index (χ1n) is 6.74. The van der Waals surface area contributed by atoms with Gasteiger partial charge in [-0.05, 0) is 24.7 Å². The summed E-state index contributed by atoms with van der Waals surface area (Å²) in [6.45, 7) is 3.52. The first-order valence-corrected chi connectivity index (χ1v) is 7.56. The lowest BCUT2D eigenvalue weighted by Crippen LogP contribution is -2.20. The van der Waals surface area contributed by atoms with E-state index in [1.807, 2.05) is 0 Å². The van der Waals surface area contributed by atoms with Crippen molar-refractivity contribution in [2.24, 2.45) is 17.6 Å². The first-order chi connectivity index (χ1) is 8.81.